The molecule has 5 heteroatoms. The first-order valence-electron chi connectivity index (χ1n) is 7.08. The Morgan fingerprint density at radius 1 is 0.957 bits per heavy atom. The number of benzene rings is 2. The third-order valence-electron chi connectivity index (χ3n) is 3.45. The van der Waals surface area contributed by atoms with Crippen LogP contribution in [0.25, 0.3) is 11.0 Å². The van der Waals surface area contributed by atoms with E-state index in [1.807, 2.05) is 30.3 Å². The van der Waals surface area contributed by atoms with Crippen molar-refractivity contribution in [3.05, 3.63) is 64.5 Å². The lowest BCUT2D eigenvalue weighted by Gasteiger charge is -2.15. The van der Waals surface area contributed by atoms with E-state index < -0.39 is 5.63 Å². The molecule has 0 N–H and O–H groups in total. The molecule has 2 aromatic carbocycles. The standard InChI is InChI=1S/C18H16O5/c1-20-15-10-14-13(8-9-16(19)23-14)17(18(15)21-2)22-11-12-6-4-3-5-7-12/h3-10H,11H2,1-2H3. The highest BCUT2D eigenvalue weighted by atomic mass is 16.5. The van der Waals surface area contributed by atoms with Crippen molar-refractivity contribution < 1.29 is 18.6 Å². The molecule has 0 aliphatic rings. The fraction of sp³-hybridized carbons (Fsp3) is 0.167. The topological polar surface area (TPSA) is 57.9 Å². The molecule has 0 aliphatic heterocycles. The Morgan fingerprint density at radius 3 is 2.43 bits per heavy atom. The summed E-state index contributed by atoms with van der Waals surface area (Å²) in [7, 11) is 3.06. The zero-order valence-corrected chi connectivity index (χ0v) is 12.9. The number of rotatable bonds is 5. The monoisotopic (exact) mass is 312 g/mol. The van der Waals surface area contributed by atoms with Crippen LogP contribution in [0.5, 0.6) is 17.2 Å². The number of methoxy groups -OCH3 is 2. The largest absolute Gasteiger partial charge is 0.493 e. The van der Waals surface area contributed by atoms with E-state index in [1.54, 1.807) is 12.1 Å². The van der Waals surface area contributed by atoms with Crippen molar-refractivity contribution in [2.24, 2.45) is 0 Å². The second-order valence-corrected chi connectivity index (χ2v) is 4.88. The lowest BCUT2D eigenvalue weighted by Crippen LogP contribution is -2.02. The van der Waals surface area contributed by atoms with Crippen LogP contribution in [0.2, 0.25) is 0 Å². The highest BCUT2D eigenvalue weighted by molar-refractivity contribution is 5.89. The van der Waals surface area contributed by atoms with Crippen molar-refractivity contribution in [3.8, 4) is 17.2 Å². The van der Waals surface area contributed by atoms with Crippen LogP contribution in [-0.4, -0.2) is 14.2 Å². The molecular weight excluding hydrogens is 296 g/mol. The van der Waals surface area contributed by atoms with E-state index in [9.17, 15) is 4.79 Å². The van der Waals surface area contributed by atoms with E-state index in [0.717, 1.165) is 5.56 Å². The van der Waals surface area contributed by atoms with Crippen molar-refractivity contribution in [1.29, 1.82) is 0 Å². The summed E-state index contributed by atoms with van der Waals surface area (Å²) < 4.78 is 21.9. The molecule has 0 radical (unpaired) electrons. The second kappa shape index (κ2) is 6.44. The molecule has 0 unspecified atom stereocenters. The average Bonchev–Trinajstić information content (AvgIpc) is 2.59. The molecule has 0 bridgehead atoms. The minimum Gasteiger partial charge on any atom is -0.493 e. The van der Waals surface area contributed by atoms with Gasteiger partial charge in [-0.3, -0.25) is 0 Å². The summed E-state index contributed by atoms with van der Waals surface area (Å²) in [6.07, 6.45) is 0. The Balaban J connectivity index is 2.10. The average molecular weight is 312 g/mol. The predicted molar refractivity (Wildman–Crippen MR) is 86.4 cm³/mol. The van der Waals surface area contributed by atoms with Gasteiger partial charge in [0.2, 0.25) is 5.75 Å². The van der Waals surface area contributed by atoms with Gasteiger partial charge in [-0.25, -0.2) is 4.79 Å². The summed E-state index contributed by atoms with van der Waals surface area (Å²) in [6, 6.07) is 14.4. The molecule has 5 nitrogen and oxygen atoms in total. The molecule has 23 heavy (non-hydrogen) atoms. The van der Waals surface area contributed by atoms with Gasteiger partial charge >= 0.3 is 5.63 Å². The smallest absolute Gasteiger partial charge is 0.336 e. The Kier molecular flexibility index (Phi) is 4.19. The Bertz CT molecular complexity index is 868. The number of hydrogen-bond acceptors (Lipinski definition) is 5. The van der Waals surface area contributed by atoms with E-state index in [2.05, 4.69) is 0 Å². The summed E-state index contributed by atoms with van der Waals surface area (Å²) >= 11 is 0. The fourth-order valence-corrected chi connectivity index (χ4v) is 2.36. The van der Waals surface area contributed by atoms with Crippen LogP contribution in [0, 0.1) is 0 Å². The normalized spacial score (nSPS) is 10.5. The summed E-state index contributed by atoms with van der Waals surface area (Å²) in [6.45, 7) is 0.360. The van der Waals surface area contributed by atoms with Gasteiger partial charge in [0, 0.05) is 12.1 Å². The van der Waals surface area contributed by atoms with Gasteiger partial charge in [-0.05, 0) is 11.6 Å². The maximum atomic E-state index is 11.4. The van der Waals surface area contributed by atoms with Crippen molar-refractivity contribution in [1.82, 2.24) is 0 Å². The zero-order chi connectivity index (χ0) is 16.2. The molecule has 0 spiro atoms. The molecule has 1 heterocycles. The first-order valence-corrected chi connectivity index (χ1v) is 7.08. The van der Waals surface area contributed by atoms with Gasteiger partial charge in [0.05, 0.1) is 19.6 Å². The van der Waals surface area contributed by atoms with Gasteiger partial charge in [-0.1, -0.05) is 30.3 Å². The van der Waals surface area contributed by atoms with E-state index in [1.165, 1.54) is 20.3 Å². The maximum absolute atomic E-state index is 11.4. The van der Waals surface area contributed by atoms with Crippen LogP contribution >= 0.6 is 0 Å². The number of ether oxygens (including phenoxy) is 3. The molecule has 0 amide bonds. The van der Waals surface area contributed by atoms with E-state index >= 15 is 0 Å². The fourth-order valence-electron chi connectivity index (χ4n) is 2.36. The summed E-state index contributed by atoms with van der Waals surface area (Å²) in [5.74, 6) is 1.39. The minimum atomic E-state index is -0.432. The Labute approximate surface area is 133 Å². The molecule has 0 atom stereocenters. The summed E-state index contributed by atoms with van der Waals surface area (Å²) in [5.41, 5.74) is 0.972. The molecule has 3 aromatic rings. The van der Waals surface area contributed by atoms with Crippen molar-refractivity contribution in [3.63, 3.8) is 0 Å². The van der Waals surface area contributed by atoms with Gasteiger partial charge in [0.25, 0.3) is 0 Å². The molecule has 0 saturated carbocycles. The van der Waals surface area contributed by atoms with E-state index in [4.69, 9.17) is 18.6 Å². The van der Waals surface area contributed by atoms with Gasteiger partial charge in [-0.15, -0.1) is 0 Å². The highest BCUT2D eigenvalue weighted by Crippen LogP contribution is 2.43. The quantitative estimate of drug-likeness (QED) is 0.676. The third kappa shape index (κ3) is 2.99. The van der Waals surface area contributed by atoms with E-state index in [-0.39, 0.29) is 0 Å². The summed E-state index contributed by atoms with van der Waals surface area (Å²) in [5, 5.41) is 0.651. The van der Waals surface area contributed by atoms with Crippen LogP contribution in [0.1, 0.15) is 5.56 Å². The van der Waals surface area contributed by atoms with Gasteiger partial charge < -0.3 is 18.6 Å². The first-order chi connectivity index (χ1) is 11.2. The van der Waals surface area contributed by atoms with Crippen LogP contribution < -0.4 is 19.8 Å². The third-order valence-corrected chi connectivity index (χ3v) is 3.45. The van der Waals surface area contributed by atoms with Gasteiger partial charge in [0.1, 0.15) is 12.2 Å². The van der Waals surface area contributed by atoms with Crippen LogP contribution in [0.15, 0.2) is 57.7 Å². The molecule has 0 aliphatic carbocycles. The molecule has 0 fully saturated rings. The number of hydrogen-bond donors (Lipinski definition) is 0. The second-order valence-electron chi connectivity index (χ2n) is 4.88. The van der Waals surface area contributed by atoms with Crippen molar-refractivity contribution in [2.75, 3.05) is 14.2 Å². The molecule has 3 rings (SSSR count). The van der Waals surface area contributed by atoms with E-state index in [0.29, 0.717) is 34.8 Å². The summed E-state index contributed by atoms with van der Waals surface area (Å²) in [4.78, 5) is 11.4. The molecular formula is C18H16O5. The van der Waals surface area contributed by atoms with Crippen molar-refractivity contribution in [2.45, 2.75) is 6.61 Å². The van der Waals surface area contributed by atoms with Crippen LogP contribution in [0.4, 0.5) is 0 Å². The zero-order valence-electron chi connectivity index (χ0n) is 12.9. The molecule has 0 saturated heterocycles. The Hall–Kier alpha value is -2.95. The highest BCUT2D eigenvalue weighted by Gasteiger charge is 2.18. The molecule has 118 valence electrons. The molecule has 1 aromatic heterocycles. The number of fused-ring (bicyclic) bond motifs is 1. The Morgan fingerprint density at radius 2 is 1.74 bits per heavy atom. The lowest BCUT2D eigenvalue weighted by molar-refractivity contribution is 0.278. The van der Waals surface area contributed by atoms with Gasteiger partial charge in [-0.2, -0.15) is 0 Å². The van der Waals surface area contributed by atoms with Crippen LogP contribution in [-0.2, 0) is 6.61 Å². The minimum absolute atomic E-state index is 0.360. The maximum Gasteiger partial charge on any atom is 0.336 e. The van der Waals surface area contributed by atoms with Gasteiger partial charge in [0.15, 0.2) is 11.5 Å². The predicted octanol–water partition coefficient (Wildman–Crippen LogP) is 3.39. The van der Waals surface area contributed by atoms with Crippen LogP contribution in [0.3, 0.4) is 0 Å². The first kappa shape index (κ1) is 15.0. The lowest BCUT2D eigenvalue weighted by atomic mass is 10.2. The SMILES string of the molecule is COc1cc2oc(=O)ccc2c(OCc2ccccc2)c1OC. The van der Waals surface area contributed by atoms with Crippen molar-refractivity contribution >= 4 is 11.0 Å².